The molecule has 0 spiro atoms. The summed E-state index contributed by atoms with van der Waals surface area (Å²) in [6, 6.07) is 12.0. The molecular formula is C38H29ClF6N2O6S. The first-order valence-corrected chi connectivity index (χ1v) is 18.3. The van der Waals surface area contributed by atoms with E-state index in [0.717, 1.165) is 72.0 Å². The number of halogens is 7. The summed E-state index contributed by atoms with van der Waals surface area (Å²) in [5.74, 6) is -13.7. The molecule has 6 rings (SSSR count). The highest BCUT2D eigenvalue weighted by atomic mass is 35.5. The lowest BCUT2D eigenvalue weighted by Gasteiger charge is -2.29. The van der Waals surface area contributed by atoms with Crippen LogP contribution in [0.2, 0.25) is 5.02 Å². The number of carboxylic acid groups (broad SMARTS) is 1. The fourth-order valence-electron chi connectivity index (χ4n) is 5.98. The van der Waals surface area contributed by atoms with Crippen LogP contribution in [-0.4, -0.2) is 42.9 Å². The van der Waals surface area contributed by atoms with Gasteiger partial charge in [-0.2, -0.15) is 4.31 Å². The third-order valence-corrected chi connectivity index (χ3v) is 11.2. The maximum absolute atomic E-state index is 15.1. The normalized spacial score (nSPS) is 14.2. The second-order valence-electron chi connectivity index (χ2n) is 12.9. The zero-order valence-electron chi connectivity index (χ0n) is 28.0. The number of carbonyl (C=O) groups is 2. The minimum absolute atomic E-state index is 0.0848. The Kier molecular flexibility index (Phi) is 11.0. The molecule has 0 aromatic heterocycles. The van der Waals surface area contributed by atoms with Crippen LogP contribution in [0.25, 0.3) is 0 Å². The third-order valence-electron chi connectivity index (χ3n) is 9.03. The van der Waals surface area contributed by atoms with E-state index in [1.165, 1.54) is 6.07 Å². The summed E-state index contributed by atoms with van der Waals surface area (Å²) in [5, 5.41) is 9.28. The van der Waals surface area contributed by atoms with Crippen LogP contribution in [0.15, 0.2) is 59.5 Å². The van der Waals surface area contributed by atoms with Crippen molar-refractivity contribution in [1.82, 2.24) is 4.31 Å². The van der Waals surface area contributed by atoms with Gasteiger partial charge in [-0.3, -0.25) is 4.79 Å². The molecule has 282 valence electrons. The lowest BCUT2D eigenvalue weighted by Crippen LogP contribution is -2.43. The van der Waals surface area contributed by atoms with Gasteiger partial charge in [0.05, 0.1) is 24.3 Å². The van der Waals surface area contributed by atoms with E-state index in [4.69, 9.17) is 22.8 Å². The predicted octanol–water partition coefficient (Wildman–Crippen LogP) is 8.06. The van der Waals surface area contributed by atoms with E-state index in [2.05, 4.69) is 12.0 Å². The van der Waals surface area contributed by atoms with Crippen LogP contribution in [-0.2, 0) is 27.9 Å². The molecule has 1 amide bonds. The van der Waals surface area contributed by atoms with Crippen molar-refractivity contribution < 1.29 is 54.2 Å². The number of hydrogen-bond acceptors (Lipinski definition) is 5. The lowest BCUT2D eigenvalue weighted by molar-refractivity contribution is -0.119. The first-order valence-electron chi connectivity index (χ1n) is 16.4. The fourth-order valence-corrected chi connectivity index (χ4v) is 7.69. The summed E-state index contributed by atoms with van der Waals surface area (Å²) in [7, 11) is -5.79. The van der Waals surface area contributed by atoms with Crippen molar-refractivity contribution in [2.24, 2.45) is 0 Å². The van der Waals surface area contributed by atoms with Crippen molar-refractivity contribution in [2.75, 3.05) is 18.1 Å². The molecule has 0 bridgehead atoms. The predicted molar refractivity (Wildman–Crippen MR) is 185 cm³/mol. The summed E-state index contributed by atoms with van der Waals surface area (Å²) < 4.78 is 121. The van der Waals surface area contributed by atoms with Crippen LogP contribution in [0.1, 0.15) is 70.1 Å². The van der Waals surface area contributed by atoms with Crippen LogP contribution >= 0.6 is 11.6 Å². The van der Waals surface area contributed by atoms with Gasteiger partial charge in [-0.05, 0) is 90.1 Å². The topological polar surface area (TPSA) is 104 Å². The molecule has 0 aliphatic heterocycles. The van der Waals surface area contributed by atoms with Gasteiger partial charge in [-0.15, -0.1) is 6.42 Å². The zero-order valence-corrected chi connectivity index (χ0v) is 29.6. The van der Waals surface area contributed by atoms with Crippen molar-refractivity contribution in [3.8, 4) is 18.1 Å². The van der Waals surface area contributed by atoms with Gasteiger partial charge in [0.15, 0.2) is 28.2 Å². The molecule has 0 radical (unpaired) electrons. The van der Waals surface area contributed by atoms with Gasteiger partial charge >= 0.3 is 5.97 Å². The maximum Gasteiger partial charge on any atom is 0.335 e. The summed E-state index contributed by atoms with van der Waals surface area (Å²) in [4.78, 5) is 25.2. The number of amides is 1. The SMILES string of the molecule is C#CCOc1cc(C(=O)O)ccc1N(Cc1cc(C2CC2)cc(C2CC2)c1)C(=O)CN(Cc1ccc(F)cc1Cl)S(=O)(=O)c1c(F)c(F)c(F)c(F)c1F. The largest absolute Gasteiger partial charge is 0.479 e. The van der Waals surface area contributed by atoms with Crippen molar-refractivity contribution in [3.63, 3.8) is 0 Å². The van der Waals surface area contributed by atoms with Gasteiger partial charge in [-0.25, -0.2) is 39.6 Å². The Morgan fingerprint density at radius 1 is 0.833 bits per heavy atom. The Bertz CT molecular complexity index is 2270. The van der Waals surface area contributed by atoms with E-state index in [-0.39, 0.29) is 45.0 Å². The number of nitrogens with zero attached hydrogens (tertiary/aromatic N) is 2. The fraction of sp³-hybridized carbons (Fsp3) is 0.263. The van der Waals surface area contributed by atoms with Gasteiger partial charge in [0.2, 0.25) is 21.7 Å². The van der Waals surface area contributed by atoms with Crippen LogP contribution < -0.4 is 9.64 Å². The van der Waals surface area contributed by atoms with Gasteiger partial charge in [-0.1, -0.05) is 41.8 Å². The molecule has 54 heavy (non-hydrogen) atoms. The first-order chi connectivity index (χ1) is 25.6. The van der Waals surface area contributed by atoms with Gasteiger partial charge in [0, 0.05) is 11.6 Å². The lowest BCUT2D eigenvalue weighted by atomic mass is 9.99. The van der Waals surface area contributed by atoms with Gasteiger partial charge < -0.3 is 14.7 Å². The molecule has 2 saturated carbocycles. The number of rotatable bonds is 14. The zero-order chi connectivity index (χ0) is 39.1. The number of aromatic carboxylic acids is 1. The summed E-state index contributed by atoms with van der Waals surface area (Å²) >= 11 is 6.15. The smallest absolute Gasteiger partial charge is 0.335 e. The Balaban J connectivity index is 1.49. The third kappa shape index (κ3) is 8.06. The second-order valence-corrected chi connectivity index (χ2v) is 15.2. The number of ether oxygens (including phenoxy) is 1. The highest BCUT2D eigenvalue weighted by Gasteiger charge is 2.39. The maximum atomic E-state index is 15.1. The molecule has 4 aromatic rings. The molecule has 1 N–H and O–H groups in total. The number of sulfonamides is 1. The van der Waals surface area contributed by atoms with Crippen LogP contribution in [0.3, 0.4) is 0 Å². The van der Waals surface area contributed by atoms with Crippen molar-refractivity contribution in [1.29, 1.82) is 0 Å². The second kappa shape index (κ2) is 15.4. The average molecular weight is 791 g/mol. The van der Waals surface area contributed by atoms with Crippen LogP contribution in [0.4, 0.5) is 32.0 Å². The van der Waals surface area contributed by atoms with Crippen molar-refractivity contribution in [3.05, 3.63) is 122 Å². The van der Waals surface area contributed by atoms with Crippen molar-refractivity contribution in [2.45, 2.75) is 55.5 Å². The average Bonchev–Trinajstić information content (AvgIpc) is 4.06. The molecular weight excluding hydrogens is 762 g/mol. The van der Waals surface area contributed by atoms with Crippen LogP contribution in [0, 0.1) is 47.2 Å². The number of terminal acetylenes is 1. The monoisotopic (exact) mass is 790 g/mol. The molecule has 4 aromatic carbocycles. The molecule has 16 heteroatoms. The van der Waals surface area contributed by atoms with E-state index >= 15 is 8.78 Å². The molecule has 2 aliphatic rings. The number of hydrogen-bond donors (Lipinski definition) is 1. The van der Waals surface area contributed by atoms with E-state index in [0.29, 0.717) is 17.4 Å². The van der Waals surface area contributed by atoms with E-state index < -0.39 is 74.8 Å². The summed E-state index contributed by atoms with van der Waals surface area (Å²) in [6.07, 6.45) is 9.19. The summed E-state index contributed by atoms with van der Waals surface area (Å²) in [6.45, 7) is -2.96. The molecule has 2 aliphatic carbocycles. The Labute approximate surface area is 311 Å². The van der Waals surface area contributed by atoms with E-state index in [1.54, 1.807) is 0 Å². The van der Waals surface area contributed by atoms with E-state index in [9.17, 15) is 40.7 Å². The molecule has 0 atom stereocenters. The Morgan fingerprint density at radius 2 is 1.43 bits per heavy atom. The van der Waals surface area contributed by atoms with Crippen molar-refractivity contribution >= 4 is 39.2 Å². The molecule has 0 heterocycles. The number of carbonyl (C=O) groups excluding carboxylic acids is 1. The highest BCUT2D eigenvalue weighted by Crippen LogP contribution is 2.46. The molecule has 0 unspecified atom stereocenters. The molecule has 8 nitrogen and oxygen atoms in total. The number of carboxylic acids is 1. The summed E-state index contributed by atoms with van der Waals surface area (Å²) in [5.41, 5.74) is 2.10. The first kappa shape index (κ1) is 38.7. The number of benzene rings is 4. The Hall–Kier alpha value is -5.04. The minimum atomic E-state index is -5.79. The van der Waals surface area contributed by atoms with Gasteiger partial charge in [0.1, 0.15) is 18.2 Å². The standard InChI is InChI=1S/C38H29ClF6N2O6S/c1-2-11-53-30-15-23(38(49)50)8-10-29(30)47(17-20-12-25(21-3-4-21)14-26(13-20)22-5-6-22)31(48)19-46(18-24-7-9-27(40)16-28(24)39)54(51,52)37-35(44)33(42)32(41)34(43)36(37)45/h1,7-10,12-16,21-22H,3-6,11,17-19H2,(H,49,50). The van der Waals surface area contributed by atoms with Crippen LogP contribution in [0.5, 0.6) is 5.75 Å². The highest BCUT2D eigenvalue weighted by molar-refractivity contribution is 7.89. The Morgan fingerprint density at radius 3 is 1.96 bits per heavy atom. The minimum Gasteiger partial charge on any atom is -0.479 e. The number of anilines is 1. The quantitative estimate of drug-likeness (QED) is 0.0600. The van der Waals surface area contributed by atoms with Gasteiger partial charge in [0.25, 0.3) is 0 Å². The van der Waals surface area contributed by atoms with E-state index in [1.807, 2.05) is 12.1 Å². The molecule has 2 fully saturated rings. The molecule has 0 saturated heterocycles.